The van der Waals surface area contributed by atoms with Crippen molar-refractivity contribution in [1.82, 2.24) is 0 Å². The van der Waals surface area contributed by atoms with Gasteiger partial charge in [0.1, 0.15) is 0 Å². The van der Waals surface area contributed by atoms with Crippen molar-refractivity contribution in [1.29, 1.82) is 0 Å². The lowest BCUT2D eigenvalue weighted by molar-refractivity contribution is -0.370. The third-order valence-corrected chi connectivity index (χ3v) is 3.18. The number of aliphatic imine (C=N–C) groups is 1. The molecule has 102 valence electrons. The molecule has 0 N–H and O–H groups in total. The first-order valence-electron chi connectivity index (χ1n) is 6.79. The van der Waals surface area contributed by atoms with Crippen LogP contribution in [0.25, 0.3) is 0 Å². The van der Waals surface area contributed by atoms with Crippen molar-refractivity contribution in [3.8, 4) is 0 Å². The first-order chi connectivity index (χ1) is 9.83. The van der Waals surface area contributed by atoms with E-state index in [0.29, 0.717) is 6.54 Å². The van der Waals surface area contributed by atoms with Crippen molar-refractivity contribution in [2.75, 3.05) is 6.54 Å². The van der Waals surface area contributed by atoms with E-state index in [0.717, 1.165) is 16.8 Å². The minimum Gasteiger partial charge on any atom is -0.322 e. The van der Waals surface area contributed by atoms with Crippen LogP contribution in [-0.2, 0) is 9.47 Å². The summed E-state index contributed by atoms with van der Waals surface area (Å²) < 4.78 is 10.9. The summed E-state index contributed by atoms with van der Waals surface area (Å²) in [5.74, 6) is 0. The zero-order valence-electron chi connectivity index (χ0n) is 11.4. The molecule has 0 unspecified atom stereocenters. The van der Waals surface area contributed by atoms with Gasteiger partial charge in [0.15, 0.2) is 12.6 Å². The SMILES string of the molecule is CC1OC(CN=C(c2ccccc2)c2ccccc2)O1. The van der Waals surface area contributed by atoms with Crippen molar-refractivity contribution >= 4 is 5.71 Å². The van der Waals surface area contributed by atoms with Crippen LogP contribution in [0.2, 0.25) is 0 Å². The lowest BCUT2D eigenvalue weighted by Crippen LogP contribution is -2.40. The summed E-state index contributed by atoms with van der Waals surface area (Å²) in [7, 11) is 0. The highest BCUT2D eigenvalue weighted by molar-refractivity contribution is 6.12. The Morgan fingerprint density at radius 2 is 1.40 bits per heavy atom. The van der Waals surface area contributed by atoms with Crippen LogP contribution < -0.4 is 0 Å². The van der Waals surface area contributed by atoms with Gasteiger partial charge >= 0.3 is 0 Å². The maximum Gasteiger partial charge on any atom is 0.183 e. The quantitative estimate of drug-likeness (QED) is 0.796. The lowest BCUT2D eigenvalue weighted by atomic mass is 10.0. The molecular weight excluding hydrogens is 250 g/mol. The van der Waals surface area contributed by atoms with Gasteiger partial charge in [-0.2, -0.15) is 0 Å². The van der Waals surface area contributed by atoms with E-state index < -0.39 is 0 Å². The first kappa shape index (κ1) is 13.0. The molecule has 0 spiro atoms. The molecule has 0 amide bonds. The summed E-state index contributed by atoms with van der Waals surface area (Å²) in [5, 5.41) is 0. The topological polar surface area (TPSA) is 30.8 Å². The number of hydrogen-bond acceptors (Lipinski definition) is 3. The molecule has 3 heteroatoms. The van der Waals surface area contributed by atoms with E-state index in [1.807, 2.05) is 43.3 Å². The molecule has 3 nitrogen and oxygen atoms in total. The highest BCUT2D eigenvalue weighted by Gasteiger charge is 2.26. The number of benzene rings is 2. The molecule has 1 saturated heterocycles. The summed E-state index contributed by atoms with van der Waals surface area (Å²) in [4.78, 5) is 4.69. The van der Waals surface area contributed by atoms with Gasteiger partial charge in [0, 0.05) is 11.1 Å². The molecule has 0 saturated carbocycles. The van der Waals surface area contributed by atoms with Crippen LogP contribution in [0.1, 0.15) is 18.1 Å². The third-order valence-electron chi connectivity index (χ3n) is 3.18. The Morgan fingerprint density at radius 1 is 0.900 bits per heavy atom. The lowest BCUT2D eigenvalue weighted by Gasteiger charge is -2.32. The molecule has 0 aliphatic carbocycles. The fraction of sp³-hybridized carbons (Fsp3) is 0.235. The van der Waals surface area contributed by atoms with Crippen molar-refractivity contribution in [2.24, 2.45) is 4.99 Å². The number of rotatable bonds is 4. The van der Waals surface area contributed by atoms with Gasteiger partial charge in [-0.25, -0.2) is 0 Å². The van der Waals surface area contributed by atoms with Gasteiger partial charge in [-0.1, -0.05) is 60.7 Å². The van der Waals surface area contributed by atoms with Crippen molar-refractivity contribution in [3.05, 3.63) is 71.8 Å². The predicted molar refractivity (Wildman–Crippen MR) is 78.8 cm³/mol. The molecule has 0 radical (unpaired) electrons. The molecule has 2 aromatic rings. The number of ether oxygens (including phenoxy) is 2. The van der Waals surface area contributed by atoms with Crippen LogP contribution in [0.3, 0.4) is 0 Å². The molecule has 0 atom stereocenters. The highest BCUT2D eigenvalue weighted by atomic mass is 16.9. The van der Waals surface area contributed by atoms with Crippen LogP contribution in [0, 0.1) is 0 Å². The molecule has 1 aliphatic rings. The summed E-state index contributed by atoms with van der Waals surface area (Å²) in [6, 6.07) is 20.4. The van der Waals surface area contributed by atoms with Crippen molar-refractivity contribution < 1.29 is 9.47 Å². The summed E-state index contributed by atoms with van der Waals surface area (Å²) in [6.07, 6.45) is -0.320. The van der Waals surface area contributed by atoms with Crippen LogP contribution >= 0.6 is 0 Å². The minimum absolute atomic E-state index is 0.105. The fourth-order valence-corrected chi connectivity index (χ4v) is 2.23. The zero-order valence-corrected chi connectivity index (χ0v) is 11.4. The predicted octanol–water partition coefficient (Wildman–Crippen LogP) is 3.24. The van der Waals surface area contributed by atoms with Crippen molar-refractivity contribution in [2.45, 2.75) is 19.5 Å². The maximum atomic E-state index is 5.43. The van der Waals surface area contributed by atoms with Crippen LogP contribution in [0.5, 0.6) is 0 Å². The molecule has 1 fully saturated rings. The highest BCUT2D eigenvalue weighted by Crippen LogP contribution is 2.17. The van der Waals surface area contributed by atoms with Crippen LogP contribution in [0.15, 0.2) is 65.7 Å². The van der Waals surface area contributed by atoms with Gasteiger partial charge in [-0.15, -0.1) is 0 Å². The third kappa shape index (κ3) is 2.95. The average molecular weight is 267 g/mol. The van der Waals surface area contributed by atoms with Crippen molar-refractivity contribution in [3.63, 3.8) is 0 Å². The van der Waals surface area contributed by atoms with Gasteiger partial charge in [-0.05, 0) is 6.92 Å². The Morgan fingerprint density at radius 3 is 1.85 bits per heavy atom. The van der Waals surface area contributed by atoms with E-state index in [2.05, 4.69) is 29.3 Å². The Bertz CT molecular complexity index is 533. The maximum absolute atomic E-state index is 5.43. The second-order valence-electron chi connectivity index (χ2n) is 4.69. The molecule has 0 aromatic heterocycles. The number of nitrogens with zero attached hydrogens (tertiary/aromatic N) is 1. The first-order valence-corrected chi connectivity index (χ1v) is 6.79. The Kier molecular flexibility index (Phi) is 3.90. The fourth-order valence-electron chi connectivity index (χ4n) is 2.23. The largest absolute Gasteiger partial charge is 0.322 e. The van der Waals surface area contributed by atoms with Gasteiger partial charge in [0.25, 0.3) is 0 Å². The van der Waals surface area contributed by atoms with E-state index in [1.165, 1.54) is 0 Å². The smallest absolute Gasteiger partial charge is 0.183 e. The van der Waals surface area contributed by atoms with Gasteiger partial charge in [-0.3, -0.25) is 4.99 Å². The average Bonchev–Trinajstić information content (AvgIpc) is 2.48. The second-order valence-corrected chi connectivity index (χ2v) is 4.69. The normalized spacial score (nSPS) is 21.1. The number of hydrogen-bond donors (Lipinski definition) is 0. The van der Waals surface area contributed by atoms with Gasteiger partial charge in [0.2, 0.25) is 0 Å². The second kappa shape index (κ2) is 5.99. The molecule has 1 heterocycles. The summed E-state index contributed by atoms with van der Waals surface area (Å²) in [6.45, 7) is 2.40. The molecule has 0 bridgehead atoms. The van der Waals surface area contributed by atoms with E-state index >= 15 is 0 Å². The zero-order chi connectivity index (χ0) is 13.8. The van der Waals surface area contributed by atoms with Crippen LogP contribution in [-0.4, -0.2) is 24.8 Å². The standard InChI is InChI=1S/C17H17NO2/c1-13-19-16(20-13)12-18-17(14-8-4-2-5-9-14)15-10-6-3-7-11-15/h2-11,13,16H,12H2,1H3. The summed E-state index contributed by atoms with van der Waals surface area (Å²) in [5.41, 5.74) is 3.18. The molecular formula is C17H17NO2. The Hall–Kier alpha value is -1.97. The van der Waals surface area contributed by atoms with E-state index in [1.54, 1.807) is 0 Å². The molecule has 20 heavy (non-hydrogen) atoms. The monoisotopic (exact) mass is 267 g/mol. The van der Waals surface area contributed by atoms with E-state index in [9.17, 15) is 0 Å². The van der Waals surface area contributed by atoms with Gasteiger partial charge < -0.3 is 9.47 Å². The Labute approximate surface area is 118 Å². The minimum atomic E-state index is -0.215. The van der Waals surface area contributed by atoms with Gasteiger partial charge in [0.05, 0.1) is 12.3 Å². The molecule has 1 aliphatic heterocycles. The molecule has 2 aromatic carbocycles. The van der Waals surface area contributed by atoms with Crippen LogP contribution in [0.4, 0.5) is 0 Å². The molecule has 3 rings (SSSR count). The summed E-state index contributed by atoms with van der Waals surface area (Å²) >= 11 is 0. The van der Waals surface area contributed by atoms with E-state index in [-0.39, 0.29) is 12.6 Å². The Balaban J connectivity index is 1.86. The van der Waals surface area contributed by atoms with E-state index in [4.69, 9.17) is 9.47 Å².